The van der Waals surface area contributed by atoms with Crippen LogP contribution in [0.4, 0.5) is 17.1 Å². The SMILES string of the molecule is COc1ccc(Nc2ccccc2C(=O)N(Cc2cccnc2)c2ccncc2)cc1OC1CCCC1. The van der Waals surface area contributed by atoms with Crippen molar-refractivity contribution in [3.05, 3.63) is 103 Å². The van der Waals surface area contributed by atoms with E-state index in [4.69, 9.17) is 9.47 Å². The molecule has 1 fully saturated rings. The molecule has 1 aliphatic carbocycles. The van der Waals surface area contributed by atoms with Gasteiger partial charge in [0.25, 0.3) is 5.91 Å². The summed E-state index contributed by atoms with van der Waals surface area (Å²) in [4.78, 5) is 24.0. The van der Waals surface area contributed by atoms with Gasteiger partial charge in [0, 0.05) is 42.2 Å². The molecule has 0 unspecified atom stereocenters. The van der Waals surface area contributed by atoms with E-state index in [-0.39, 0.29) is 12.0 Å². The highest BCUT2D eigenvalue weighted by Gasteiger charge is 2.22. The summed E-state index contributed by atoms with van der Waals surface area (Å²) in [6.07, 6.45) is 11.6. The molecular weight excluding hydrogens is 464 g/mol. The molecule has 7 heteroatoms. The largest absolute Gasteiger partial charge is 0.493 e. The third-order valence-corrected chi connectivity index (χ3v) is 6.48. The Hall–Kier alpha value is -4.39. The first-order valence-corrected chi connectivity index (χ1v) is 12.5. The van der Waals surface area contributed by atoms with E-state index in [0.717, 1.165) is 29.8 Å². The number of methoxy groups -OCH3 is 1. The van der Waals surface area contributed by atoms with E-state index in [2.05, 4.69) is 15.3 Å². The molecule has 0 radical (unpaired) electrons. The van der Waals surface area contributed by atoms with Crippen LogP contribution in [0.5, 0.6) is 11.5 Å². The van der Waals surface area contributed by atoms with Gasteiger partial charge in [0.05, 0.1) is 31.0 Å². The van der Waals surface area contributed by atoms with Crippen LogP contribution < -0.4 is 19.7 Å². The monoisotopic (exact) mass is 494 g/mol. The van der Waals surface area contributed by atoms with Gasteiger partial charge in [0.15, 0.2) is 11.5 Å². The van der Waals surface area contributed by atoms with Crippen molar-refractivity contribution in [2.75, 3.05) is 17.3 Å². The quantitative estimate of drug-likeness (QED) is 0.290. The molecule has 1 aliphatic rings. The minimum atomic E-state index is -0.130. The molecule has 37 heavy (non-hydrogen) atoms. The average Bonchev–Trinajstić information content (AvgIpc) is 3.46. The molecule has 0 aliphatic heterocycles. The lowest BCUT2D eigenvalue weighted by Crippen LogP contribution is -2.31. The van der Waals surface area contributed by atoms with Gasteiger partial charge in [-0.2, -0.15) is 0 Å². The number of carbonyl (C=O) groups excluding carboxylic acids is 1. The van der Waals surface area contributed by atoms with Crippen molar-refractivity contribution in [3.63, 3.8) is 0 Å². The molecule has 7 nitrogen and oxygen atoms in total. The first-order chi connectivity index (χ1) is 18.2. The van der Waals surface area contributed by atoms with Crippen LogP contribution in [-0.2, 0) is 6.54 Å². The molecule has 2 aromatic heterocycles. The summed E-state index contributed by atoms with van der Waals surface area (Å²) >= 11 is 0. The zero-order valence-electron chi connectivity index (χ0n) is 20.8. The van der Waals surface area contributed by atoms with E-state index in [1.54, 1.807) is 36.8 Å². The van der Waals surface area contributed by atoms with Crippen molar-refractivity contribution < 1.29 is 14.3 Å². The number of rotatable bonds is 9. The van der Waals surface area contributed by atoms with Gasteiger partial charge in [-0.05, 0) is 73.7 Å². The standard InChI is InChI=1S/C30H30N4O3/c1-36-28-13-12-23(19-29(28)37-25-8-2-3-9-25)33-27-11-5-4-10-26(27)30(35)34(24-14-17-31-18-15-24)21-22-7-6-16-32-20-22/h4-7,10-20,25,33H,2-3,8-9,21H2,1H3. The van der Waals surface area contributed by atoms with Gasteiger partial charge in [-0.15, -0.1) is 0 Å². The maximum absolute atomic E-state index is 14.0. The van der Waals surface area contributed by atoms with Gasteiger partial charge >= 0.3 is 0 Å². The Labute approximate surface area is 217 Å². The normalized spacial score (nSPS) is 13.2. The zero-order chi connectivity index (χ0) is 25.5. The first-order valence-electron chi connectivity index (χ1n) is 12.5. The Morgan fingerprint density at radius 2 is 1.76 bits per heavy atom. The first kappa shape index (κ1) is 24.3. The molecule has 4 aromatic rings. The molecule has 1 saturated carbocycles. The number of ether oxygens (including phenoxy) is 2. The van der Waals surface area contributed by atoms with Crippen LogP contribution in [0.3, 0.4) is 0 Å². The number of pyridine rings is 2. The molecule has 2 aromatic carbocycles. The number of nitrogens with zero attached hydrogens (tertiary/aromatic N) is 3. The summed E-state index contributed by atoms with van der Waals surface area (Å²) in [5.41, 5.74) is 3.76. The number of nitrogens with one attached hydrogen (secondary N) is 1. The van der Waals surface area contributed by atoms with Gasteiger partial charge in [-0.1, -0.05) is 18.2 Å². The fourth-order valence-electron chi connectivity index (χ4n) is 4.59. The lowest BCUT2D eigenvalue weighted by molar-refractivity contribution is 0.0986. The molecule has 1 N–H and O–H groups in total. The minimum absolute atomic E-state index is 0.130. The van der Waals surface area contributed by atoms with Crippen molar-refractivity contribution >= 4 is 23.0 Å². The second-order valence-electron chi connectivity index (χ2n) is 9.02. The highest BCUT2D eigenvalue weighted by Crippen LogP contribution is 2.35. The summed E-state index contributed by atoms with van der Waals surface area (Å²) in [6.45, 7) is 0.382. The number of anilines is 3. The molecule has 0 bridgehead atoms. The summed E-state index contributed by atoms with van der Waals surface area (Å²) < 4.78 is 11.8. The van der Waals surface area contributed by atoms with Gasteiger partial charge < -0.3 is 19.7 Å². The number of carbonyl (C=O) groups is 1. The van der Waals surface area contributed by atoms with Crippen molar-refractivity contribution in [1.82, 2.24) is 9.97 Å². The highest BCUT2D eigenvalue weighted by molar-refractivity contribution is 6.09. The number of aromatic nitrogens is 2. The van der Waals surface area contributed by atoms with E-state index in [1.165, 1.54) is 12.8 Å². The summed E-state index contributed by atoms with van der Waals surface area (Å²) in [5, 5.41) is 3.43. The zero-order valence-corrected chi connectivity index (χ0v) is 20.8. The number of hydrogen-bond donors (Lipinski definition) is 1. The van der Waals surface area contributed by atoms with Crippen LogP contribution in [0, 0.1) is 0 Å². The van der Waals surface area contributed by atoms with Gasteiger partial charge in [0.1, 0.15) is 0 Å². The van der Waals surface area contributed by atoms with Gasteiger partial charge in [-0.3, -0.25) is 14.8 Å². The van der Waals surface area contributed by atoms with E-state index in [9.17, 15) is 4.79 Å². The van der Waals surface area contributed by atoms with Crippen molar-refractivity contribution in [2.45, 2.75) is 38.3 Å². The number of benzene rings is 2. The van der Waals surface area contributed by atoms with E-state index in [0.29, 0.717) is 29.3 Å². The highest BCUT2D eigenvalue weighted by atomic mass is 16.5. The predicted molar refractivity (Wildman–Crippen MR) is 145 cm³/mol. The molecule has 0 spiro atoms. The second-order valence-corrected chi connectivity index (χ2v) is 9.02. The Morgan fingerprint density at radius 3 is 2.51 bits per heavy atom. The second kappa shape index (κ2) is 11.6. The van der Waals surface area contributed by atoms with Gasteiger partial charge in [-0.25, -0.2) is 0 Å². The molecule has 0 saturated heterocycles. The van der Waals surface area contributed by atoms with Crippen LogP contribution in [-0.4, -0.2) is 29.1 Å². The Kier molecular flexibility index (Phi) is 7.60. The Morgan fingerprint density at radius 1 is 0.946 bits per heavy atom. The van der Waals surface area contributed by atoms with Crippen LogP contribution in [0.25, 0.3) is 0 Å². The van der Waals surface area contributed by atoms with Crippen molar-refractivity contribution in [3.8, 4) is 11.5 Å². The van der Waals surface area contributed by atoms with Crippen LogP contribution in [0.15, 0.2) is 91.5 Å². The van der Waals surface area contributed by atoms with E-state index < -0.39 is 0 Å². The van der Waals surface area contributed by atoms with E-state index in [1.807, 2.05) is 66.7 Å². The van der Waals surface area contributed by atoms with Crippen molar-refractivity contribution in [1.29, 1.82) is 0 Å². The number of para-hydroxylation sites is 1. The lowest BCUT2D eigenvalue weighted by atomic mass is 10.1. The lowest BCUT2D eigenvalue weighted by Gasteiger charge is -2.24. The van der Waals surface area contributed by atoms with Crippen LogP contribution >= 0.6 is 0 Å². The maximum atomic E-state index is 14.0. The predicted octanol–water partition coefficient (Wildman–Crippen LogP) is 6.40. The summed E-state index contributed by atoms with van der Waals surface area (Å²) in [5.74, 6) is 1.27. The van der Waals surface area contributed by atoms with Crippen LogP contribution in [0.2, 0.25) is 0 Å². The number of hydrogen-bond acceptors (Lipinski definition) is 6. The van der Waals surface area contributed by atoms with Crippen molar-refractivity contribution in [2.24, 2.45) is 0 Å². The fraction of sp³-hybridized carbons (Fsp3) is 0.233. The smallest absolute Gasteiger partial charge is 0.260 e. The molecular formula is C30H30N4O3. The van der Waals surface area contributed by atoms with E-state index >= 15 is 0 Å². The molecule has 188 valence electrons. The topological polar surface area (TPSA) is 76.6 Å². The molecule has 0 atom stereocenters. The maximum Gasteiger partial charge on any atom is 0.260 e. The molecule has 1 amide bonds. The average molecular weight is 495 g/mol. The summed E-state index contributed by atoms with van der Waals surface area (Å²) in [7, 11) is 1.65. The summed E-state index contributed by atoms with van der Waals surface area (Å²) in [6, 6.07) is 20.8. The number of amides is 1. The minimum Gasteiger partial charge on any atom is -0.493 e. The fourth-order valence-corrected chi connectivity index (χ4v) is 4.59. The Bertz CT molecular complexity index is 1330. The molecule has 5 rings (SSSR count). The third kappa shape index (κ3) is 5.89. The van der Waals surface area contributed by atoms with Crippen LogP contribution in [0.1, 0.15) is 41.6 Å². The molecule has 2 heterocycles. The van der Waals surface area contributed by atoms with Gasteiger partial charge in [0.2, 0.25) is 0 Å². The Balaban J connectivity index is 1.44. The third-order valence-electron chi connectivity index (χ3n) is 6.48.